The fourth-order valence-electron chi connectivity index (χ4n) is 5.01. The van der Waals surface area contributed by atoms with E-state index in [0.717, 1.165) is 60.9 Å². The van der Waals surface area contributed by atoms with Gasteiger partial charge in [0.05, 0.1) is 17.1 Å². The Labute approximate surface area is 224 Å². The van der Waals surface area contributed by atoms with Gasteiger partial charge in [0.15, 0.2) is 0 Å². The maximum Gasteiger partial charge on any atom is 0.135 e. The smallest absolute Gasteiger partial charge is 0.135 e. The summed E-state index contributed by atoms with van der Waals surface area (Å²) in [5.41, 5.74) is 12.9. The molecule has 0 spiro atoms. The standard InChI is InChI=1S/C33H26N4O2/c1-33(2,31(34)15-17-35-21-11-13-29-25(19-21)23-7-3-5-9-27(23)38-29)32-16-18-37(36-32)22-12-14-30-26(20-22)24-8-4-6-10-28(24)39-30/h3-20H,34H2,1-2H3/b31-15-,35-17?. The summed E-state index contributed by atoms with van der Waals surface area (Å²) in [5, 5.41) is 9.16. The third-order valence-corrected chi connectivity index (χ3v) is 7.41. The fraction of sp³-hybridized carbons (Fsp3) is 0.0909. The van der Waals surface area contributed by atoms with Gasteiger partial charge in [-0.2, -0.15) is 5.10 Å². The molecular formula is C33H26N4O2. The van der Waals surface area contributed by atoms with Gasteiger partial charge in [-0.1, -0.05) is 36.4 Å². The second-order valence-corrected chi connectivity index (χ2v) is 10.2. The second kappa shape index (κ2) is 8.74. The number of aliphatic imine (C=N–C) groups is 1. The van der Waals surface area contributed by atoms with Crippen LogP contribution in [-0.4, -0.2) is 16.0 Å². The van der Waals surface area contributed by atoms with E-state index in [9.17, 15) is 0 Å². The lowest BCUT2D eigenvalue weighted by Gasteiger charge is -2.22. The minimum atomic E-state index is -0.492. The average molecular weight is 511 g/mol. The number of nitrogens with zero attached hydrogens (tertiary/aromatic N) is 3. The lowest BCUT2D eigenvalue weighted by atomic mass is 9.86. The van der Waals surface area contributed by atoms with Crippen molar-refractivity contribution in [2.24, 2.45) is 10.7 Å². The van der Waals surface area contributed by atoms with E-state index in [4.69, 9.17) is 19.7 Å². The van der Waals surface area contributed by atoms with E-state index in [1.54, 1.807) is 6.21 Å². The fourth-order valence-corrected chi connectivity index (χ4v) is 5.01. The Bertz CT molecular complexity index is 2070. The summed E-state index contributed by atoms with van der Waals surface area (Å²) in [5.74, 6) is 0. The Morgan fingerprint density at radius 2 is 1.38 bits per heavy atom. The van der Waals surface area contributed by atoms with Crippen molar-refractivity contribution in [1.29, 1.82) is 0 Å². The minimum absolute atomic E-state index is 0.492. The van der Waals surface area contributed by atoms with Gasteiger partial charge in [0.1, 0.15) is 22.3 Å². The van der Waals surface area contributed by atoms with E-state index in [1.165, 1.54) is 0 Å². The first kappa shape index (κ1) is 23.0. The van der Waals surface area contributed by atoms with E-state index in [1.807, 2.05) is 89.8 Å². The highest BCUT2D eigenvalue weighted by Gasteiger charge is 2.26. The molecule has 0 aliphatic heterocycles. The number of aromatic nitrogens is 2. The molecule has 6 nitrogen and oxygen atoms in total. The van der Waals surface area contributed by atoms with Crippen LogP contribution in [0.1, 0.15) is 19.5 Å². The number of para-hydroxylation sites is 2. The molecule has 4 aromatic carbocycles. The largest absolute Gasteiger partial charge is 0.456 e. The van der Waals surface area contributed by atoms with Crippen LogP contribution in [0.25, 0.3) is 49.6 Å². The molecule has 6 heteroatoms. The Balaban J connectivity index is 1.15. The number of allylic oxidation sites excluding steroid dienone is 2. The molecule has 0 unspecified atom stereocenters. The van der Waals surface area contributed by atoms with Gasteiger partial charge in [0, 0.05) is 45.1 Å². The van der Waals surface area contributed by atoms with Crippen LogP contribution >= 0.6 is 0 Å². The SMILES string of the molecule is CC(C)(/C(N)=C/C=Nc1ccc2oc3ccccc3c2c1)c1ccn(-c2ccc3oc4ccccc4c3c2)n1. The Hall–Kier alpha value is -5.10. The number of rotatable bonds is 5. The number of nitrogens with two attached hydrogens (primary N) is 1. The second-order valence-electron chi connectivity index (χ2n) is 10.2. The third kappa shape index (κ3) is 3.89. The average Bonchev–Trinajstić information content (AvgIpc) is 3.68. The topological polar surface area (TPSA) is 82.5 Å². The van der Waals surface area contributed by atoms with Gasteiger partial charge in [-0.3, -0.25) is 4.99 Å². The number of hydrogen-bond acceptors (Lipinski definition) is 5. The maximum absolute atomic E-state index is 6.56. The summed E-state index contributed by atoms with van der Waals surface area (Å²) in [4.78, 5) is 4.63. The summed E-state index contributed by atoms with van der Waals surface area (Å²) in [6.45, 7) is 4.13. The molecule has 0 amide bonds. The number of fused-ring (bicyclic) bond motifs is 6. The van der Waals surface area contributed by atoms with Crippen LogP contribution in [0.2, 0.25) is 0 Å². The van der Waals surface area contributed by atoms with Gasteiger partial charge in [-0.05, 0) is 74.5 Å². The van der Waals surface area contributed by atoms with Gasteiger partial charge < -0.3 is 14.6 Å². The highest BCUT2D eigenvalue weighted by atomic mass is 16.3. The van der Waals surface area contributed by atoms with Crippen LogP contribution in [-0.2, 0) is 5.41 Å². The van der Waals surface area contributed by atoms with Crippen molar-refractivity contribution in [3.8, 4) is 5.69 Å². The predicted molar refractivity (Wildman–Crippen MR) is 158 cm³/mol. The molecule has 0 radical (unpaired) electrons. The van der Waals surface area contributed by atoms with Crippen molar-refractivity contribution in [3.05, 3.63) is 115 Å². The van der Waals surface area contributed by atoms with Crippen LogP contribution in [0, 0.1) is 0 Å². The first-order valence-electron chi connectivity index (χ1n) is 12.9. The van der Waals surface area contributed by atoms with Crippen molar-refractivity contribution >= 4 is 55.8 Å². The van der Waals surface area contributed by atoms with Crippen molar-refractivity contribution in [2.45, 2.75) is 19.3 Å². The van der Waals surface area contributed by atoms with Gasteiger partial charge in [-0.15, -0.1) is 0 Å². The van der Waals surface area contributed by atoms with E-state index in [2.05, 4.69) is 37.0 Å². The van der Waals surface area contributed by atoms with Crippen molar-refractivity contribution < 1.29 is 8.83 Å². The maximum atomic E-state index is 6.56. The van der Waals surface area contributed by atoms with E-state index < -0.39 is 5.41 Å². The van der Waals surface area contributed by atoms with Crippen molar-refractivity contribution in [2.75, 3.05) is 0 Å². The lowest BCUT2D eigenvalue weighted by molar-refractivity contribution is 0.584. The molecule has 0 bridgehead atoms. The summed E-state index contributed by atoms with van der Waals surface area (Å²) >= 11 is 0. The molecule has 2 N–H and O–H groups in total. The number of furan rings is 2. The quantitative estimate of drug-likeness (QED) is 0.237. The molecule has 39 heavy (non-hydrogen) atoms. The summed E-state index contributed by atoms with van der Waals surface area (Å²) in [6.07, 6.45) is 5.56. The monoisotopic (exact) mass is 510 g/mol. The lowest BCUT2D eigenvalue weighted by Crippen LogP contribution is -2.26. The molecule has 0 atom stereocenters. The molecule has 0 saturated carbocycles. The highest BCUT2D eigenvalue weighted by molar-refractivity contribution is 6.06. The molecule has 7 rings (SSSR count). The van der Waals surface area contributed by atoms with Gasteiger partial charge >= 0.3 is 0 Å². The Kier molecular flexibility index (Phi) is 5.16. The first-order chi connectivity index (χ1) is 19.0. The van der Waals surface area contributed by atoms with E-state index in [0.29, 0.717) is 5.70 Å². The molecule has 7 aromatic rings. The molecule has 0 fully saturated rings. The molecule has 0 aliphatic rings. The van der Waals surface area contributed by atoms with E-state index >= 15 is 0 Å². The Morgan fingerprint density at radius 1 is 0.769 bits per heavy atom. The zero-order valence-electron chi connectivity index (χ0n) is 21.6. The summed E-state index contributed by atoms with van der Waals surface area (Å²) < 4.78 is 13.8. The van der Waals surface area contributed by atoms with Crippen LogP contribution < -0.4 is 5.73 Å². The minimum Gasteiger partial charge on any atom is -0.456 e. The number of hydrogen-bond donors (Lipinski definition) is 1. The van der Waals surface area contributed by atoms with E-state index in [-0.39, 0.29) is 0 Å². The normalized spacial score (nSPS) is 13.0. The zero-order chi connectivity index (χ0) is 26.6. The third-order valence-electron chi connectivity index (χ3n) is 7.41. The van der Waals surface area contributed by atoms with Gasteiger partial charge in [0.25, 0.3) is 0 Å². The highest BCUT2D eigenvalue weighted by Crippen LogP contribution is 2.33. The van der Waals surface area contributed by atoms with Crippen LogP contribution in [0.4, 0.5) is 5.69 Å². The molecule has 190 valence electrons. The van der Waals surface area contributed by atoms with Gasteiger partial charge in [0.2, 0.25) is 0 Å². The van der Waals surface area contributed by atoms with Crippen LogP contribution in [0.3, 0.4) is 0 Å². The predicted octanol–water partition coefficient (Wildman–Crippen LogP) is 8.19. The van der Waals surface area contributed by atoms with Crippen LogP contribution in [0.15, 0.2) is 123 Å². The summed E-state index contributed by atoms with van der Waals surface area (Å²) in [7, 11) is 0. The Morgan fingerprint density at radius 3 is 2.10 bits per heavy atom. The molecular weight excluding hydrogens is 484 g/mol. The molecule has 0 aliphatic carbocycles. The first-order valence-corrected chi connectivity index (χ1v) is 12.9. The van der Waals surface area contributed by atoms with Crippen molar-refractivity contribution in [1.82, 2.24) is 9.78 Å². The number of benzene rings is 4. The zero-order valence-corrected chi connectivity index (χ0v) is 21.6. The van der Waals surface area contributed by atoms with Crippen molar-refractivity contribution in [3.63, 3.8) is 0 Å². The molecule has 3 aromatic heterocycles. The summed E-state index contributed by atoms with van der Waals surface area (Å²) in [6, 6.07) is 30.1. The molecule has 3 heterocycles. The van der Waals surface area contributed by atoms with Gasteiger partial charge in [-0.25, -0.2) is 4.68 Å². The van der Waals surface area contributed by atoms with Crippen LogP contribution in [0.5, 0.6) is 0 Å². The molecule has 0 saturated heterocycles.